The number of nitrogens with zero attached hydrogens (tertiary/aromatic N) is 1. The van der Waals surface area contributed by atoms with Gasteiger partial charge in [0.25, 0.3) is 11.6 Å². The van der Waals surface area contributed by atoms with Gasteiger partial charge in [-0.1, -0.05) is 6.07 Å². The van der Waals surface area contributed by atoms with Crippen molar-refractivity contribution in [2.45, 2.75) is 32.0 Å². The van der Waals surface area contributed by atoms with Crippen LogP contribution >= 0.6 is 0 Å². The molecular weight excluding hydrogens is 276 g/mol. The van der Waals surface area contributed by atoms with Crippen molar-refractivity contribution >= 4 is 17.3 Å². The molecular formula is C14H18N2O5. The Morgan fingerprint density at radius 1 is 1.62 bits per heavy atom. The number of non-ortho nitro benzene ring substituents is 1. The molecule has 7 heteroatoms. The number of nitrogens with one attached hydrogen (secondary N) is 1. The highest BCUT2D eigenvalue weighted by Crippen LogP contribution is 2.18. The summed E-state index contributed by atoms with van der Waals surface area (Å²) < 4.78 is 10.9. The molecule has 1 aliphatic rings. The third kappa shape index (κ3) is 4.51. The van der Waals surface area contributed by atoms with Crippen LogP contribution in [0, 0.1) is 10.1 Å². The Bertz CT molecular complexity index is 514. The van der Waals surface area contributed by atoms with E-state index >= 15 is 0 Å². The van der Waals surface area contributed by atoms with Gasteiger partial charge in [-0.3, -0.25) is 14.9 Å². The highest BCUT2D eigenvalue weighted by Gasteiger charge is 2.20. The number of nitro benzene ring substituents is 1. The molecule has 0 saturated carbocycles. The molecule has 0 spiro atoms. The second-order valence-electron chi connectivity index (χ2n) is 4.91. The van der Waals surface area contributed by atoms with Crippen LogP contribution in [0.1, 0.15) is 19.8 Å². The number of rotatable bonds is 6. The Balaban J connectivity index is 1.84. The zero-order valence-electron chi connectivity index (χ0n) is 11.8. The van der Waals surface area contributed by atoms with E-state index in [4.69, 9.17) is 9.47 Å². The van der Waals surface area contributed by atoms with Crippen molar-refractivity contribution < 1.29 is 19.2 Å². The summed E-state index contributed by atoms with van der Waals surface area (Å²) in [5.41, 5.74) is 0.308. The normalized spacial score (nSPS) is 19.2. The fourth-order valence-electron chi connectivity index (χ4n) is 2.04. The molecule has 0 aliphatic carbocycles. The minimum absolute atomic E-state index is 0.0538. The Hall–Kier alpha value is -1.99. The van der Waals surface area contributed by atoms with Gasteiger partial charge in [-0.2, -0.15) is 0 Å². The molecule has 2 atom stereocenters. The Morgan fingerprint density at radius 2 is 2.43 bits per heavy atom. The first kappa shape index (κ1) is 15.4. The van der Waals surface area contributed by atoms with Gasteiger partial charge in [0.1, 0.15) is 6.10 Å². The third-order valence-corrected chi connectivity index (χ3v) is 3.25. The molecule has 0 radical (unpaired) electrons. The SMILES string of the molecule is C[C@@H](OC[C@H]1CCCO1)C(=O)Nc1cccc([N+](=O)[O-])c1. The van der Waals surface area contributed by atoms with Crippen molar-refractivity contribution in [2.24, 2.45) is 0 Å². The largest absolute Gasteiger partial charge is 0.376 e. The lowest BCUT2D eigenvalue weighted by Crippen LogP contribution is -2.30. The predicted octanol–water partition coefficient (Wildman–Crippen LogP) is 2.12. The molecule has 7 nitrogen and oxygen atoms in total. The molecule has 1 amide bonds. The average Bonchev–Trinajstić information content (AvgIpc) is 2.98. The highest BCUT2D eigenvalue weighted by atomic mass is 16.6. The van der Waals surface area contributed by atoms with Crippen molar-refractivity contribution in [1.82, 2.24) is 0 Å². The number of hydrogen-bond acceptors (Lipinski definition) is 5. The van der Waals surface area contributed by atoms with E-state index in [2.05, 4.69) is 5.32 Å². The lowest BCUT2D eigenvalue weighted by atomic mass is 10.2. The molecule has 1 aliphatic heterocycles. The van der Waals surface area contributed by atoms with Gasteiger partial charge < -0.3 is 14.8 Å². The number of carbonyl (C=O) groups is 1. The lowest BCUT2D eigenvalue weighted by molar-refractivity contribution is -0.384. The van der Waals surface area contributed by atoms with Crippen LogP contribution in [0.5, 0.6) is 0 Å². The molecule has 2 rings (SSSR count). The molecule has 21 heavy (non-hydrogen) atoms. The molecule has 1 saturated heterocycles. The summed E-state index contributed by atoms with van der Waals surface area (Å²) in [7, 11) is 0. The number of carbonyl (C=O) groups excluding carboxylic acids is 1. The van der Waals surface area contributed by atoms with E-state index < -0.39 is 11.0 Å². The van der Waals surface area contributed by atoms with Crippen LogP contribution in [-0.2, 0) is 14.3 Å². The van der Waals surface area contributed by atoms with Crippen LogP contribution in [0.25, 0.3) is 0 Å². The fraction of sp³-hybridized carbons (Fsp3) is 0.500. The summed E-state index contributed by atoms with van der Waals surface area (Å²) in [4.78, 5) is 22.1. The second kappa shape index (κ2) is 7.14. The first-order valence-corrected chi connectivity index (χ1v) is 6.85. The van der Waals surface area contributed by atoms with Crippen molar-refractivity contribution in [3.8, 4) is 0 Å². The van der Waals surface area contributed by atoms with Crippen LogP contribution in [0.4, 0.5) is 11.4 Å². The Morgan fingerprint density at radius 3 is 3.10 bits per heavy atom. The van der Waals surface area contributed by atoms with Crippen LogP contribution in [-0.4, -0.2) is 36.3 Å². The van der Waals surface area contributed by atoms with Gasteiger partial charge in [0.15, 0.2) is 0 Å². The molecule has 1 fully saturated rings. The van der Waals surface area contributed by atoms with Crippen LogP contribution in [0.3, 0.4) is 0 Å². The maximum absolute atomic E-state index is 12.0. The molecule has 1 aromatic rings. The summed E-state index contributed by atoms with van der Waals surface area (Å²) in [5, 5.41) is 13.3. The van der Waals surface area contributed by atoms with E-state index in [1.54, 1.807) is 13.0 Å². The zero-order valence-corrected chi connectivity index (χ0v) is 11.8. The smallest absolute Gasteiger partial charge is 0.271 e. The summed E-state index contributed by atoms with van der Waals surface area (Å²) in [6.45, 7) is 2.76. The maximum atomic E-state index is 12.0. The van der Waals surface area contributed by atoms with Gasteiger partial charge >= 0.3 is 0 Å². The monoisotopic (exact) mass is 294 g/mol. The van der Waals surface area contributed by atoms with Gasteiger partial charge in [-0.05, 0) is 25.8 Å². The van der Waals surface area contributed by atoms with Crippen LogP contribution in [0.15, 0.2) is 24.3 Å². The average molecular weight is 294 g/mol. The summed E-state index contributed by atoms with van der Waals surface area (Å²) in [5.74, 6) is -0.339. The van der Waals surface area contributed by atoms with Crippen LogP contribution < -0.4 is 5.32 Å². The summed E-state index contributed by atoms with van der Waals surface area (Å²) >= 11 is 0. The third-order valence-electron chi connectivity index (χ3n) is 3.25. The predicted molar refractivity (Wildman–Crippen MR) is 76.1 cm³/mol. The summed E-state index contributed by atoms with van der Waals surface area (Å²) in [6, 6.07) is 5.79. The number of nitro groups is 1. The van der Waals surface area contributed by atoms with Gasteiger partial charge in [-0.15, -0.1) is 0 Å². The van der Waals surface area contributed by atoms with E-state index in [-0.39, 0.29) is 17.7 Å². The topological polar surface area (TPSA) is 90.7 Å². The molecule has 0 aromatic heterocycles. The molecule has 1 aromatic carbocycles. The first-order chi connectivity index (χ1) is 10.1. The van der Waals surface area contributed by atoms with Crippen molar-refractivity contribution in [2.75, 3.05) is 18.5 Å². The van der Waals surface area contributed by atoms with E-state index in [1.807, 2.05) is 0 Å². The number of hydrogen-bond donors (Lipinski definition) is 1. The Labute approximate surface area is 122 Å². The van der Waals surface area contributed by atoms with E-state index in [1.165, 1.54) is 18.2 Å². The van der Waals surface area contributed by atoms with Crippen molar-refractivity contribution in [1.29, 1.82) is 0 Å². The van der Waals surface area contributed by atoms with E-state index in [0.717, 1.165) is 19.4 Å². The fourth-order valence-corrected chi connectivity index (χ4v) is 2.04. The quantitative estimate of drug-likeness (QED) is 0.641. The number of benzene rings is 1. The zero-order chi connectivity index (χ0) is 15.2. The molecule has 0 unspecified atom stereocenters. The number of amides is 1. The lowest BCUT2D eigenvalue weighted by Gasteiger charge is -2.16. The summed E-state index contributed by atoms with van der Waals surface area (Å²) in [6.07, 6.45) is 1.37. The van der Waals surface area contributed by atoms with E-state index in [0.29, 0.717) is 12.3 Å². The maximum Gasteiger partial charge on any atom is 0.271 e. The van der Waals surface area contributed by atoms with E-state index in [9.17, 15) is 14.9 Å². The minimum atomic E-state index is -0.645. The molecule has 114 valence electrons. The minimum Gasteiger partial charge on any atom is -0.376 e. The van der Waals surface area contributed by atoms with Gasteiger partial charge in [0.05, 0.1) is 17.6 Å². The molecule has 1 N–H and O–H groups in total. The molecule has 0 bridgehead atoms. The number of ether oxygens (including phenoxy) is 2. The second-order valence-corrected chi connectivity index (χ2v) is 4.91. The van der Waals surface area contributed by atoms with Gasteiger partial charge in [0, 0.05) is 24.4 Å². The highest BCUT2D eigenvalue weighted by molar-refractivity contribution is 5.94. The molecule has 1 heterocycles. The standard InChI is InChI=1S/C14H18N2O5/c1-10(21-9-13-6-3-7-20-13)14(17)15-11-4-2-5-12(8-11)16(18)19/h2,4-5,8,10,13H,3,6-7,9H2,1H3,(H,15,17)/t10-,13-/m1/s1. The Kier molecular flexibility index (Phi) is 5.24. The van der Waals surface area contributed by atoms with Crippen molar-refractivity contribution in [3.05, 3.63) is 34.4 Å². The number of anilines is 1. The van der Waals surface area contributed by atoms with Gasteiger partial charge in [-0.25, -0.2) is 0 Å². The van der Waals surface area contributed by atoms with Crippen molar-refractivity contribution in [3.63, 3.8) is 0 Å². The van der Waals surface area contributed by atoms with Crippen LogP contribution in [0.2, 0.25) is 0 Å². The first-order valence-electron chi connectivity index (χ1n) is 6.85. The van der Waals surface area contributed by atoms with Gasteiger partial charge in [0.2, 0.25) is 0 Å².